The van der Waals surface area contributed by atoms with E-state index in [1.807, 2.05) is 37.3 Å². The number of rotatable bonds is 6. The molecule has 0 unspecified atom stereocenters. The Kier molecular flexibility index (Phi) is 5.90. The highest BCUT2D eigenvalue weighted by atomic mass is 16.5. The van der Waals surface area contributed by atoms with Gasteiger partial charge in [0.1, 0.15) is 11.5 Å². The second-order valence-corrected chi connectivity index (χ2v) is 6.52. The van der Waals surface area contributed by atoms with Crippen molar-refractivity contribution in [2.75, 3.05) is 6.61 Å². The predicted molar refractivity (Wildman–Crippen MR) is 97.4 cm³/mol. The molecule has 4 heteroatoms. The molecule has 0 atom stereocenters. The molecule has 1 aliphatic carbocycles. The molecule has 0 N–H and O–H groups in total. The minimum atomic E-state index is 0.496. The van der Waals surface area contributed by atoms with Crippen molar-refractivity contribution in [1.29, 1.82) is 5.26 Å². The van der Waals surface area contributed by atoms with Crippen molar-refractivity contribution in [1.82, 2.24) is 4.98 Å². The summed E-state index contributed by atoms with van der Waals surface area (Å²) in [5, 5.41) is 8.54. The molecule has 0 bridgehead atoms. The van der Waals surface area contributed by atoms with Crippen LogP contribution in [0, 0.1) is 18.3 Å². The molecule has 1 saturated carbocycles. The van der Waals surface area contributed by atoms with Crippen LogP contribution in [0.4, 0.5) is 0 Å². The Morgan fingerprint density at radius 2 is 2.00 bits per heavy atom. The molecule has 1 aromatic carbocycles. The SMILES string of the molecule is Cc1oc(C2CCCCC2)nc1CCOc1ccc(/C=C/C#N)cc1. The van der Waals surface area contributed by atoms with E-state index in [9.17, 15) is 0 Å². The molecule has 0 spiro atoms. The smallest absolute Gasteiger partial charge is 0.197 e. The molecule has 1 aromatic heterocycles. The number of aromatic nitrogens is 1. The molecule has 0 saturated heterocycles. The summed E-state index contributed by atoms with van der Waals surface area (Å²) in [7, 11) is 0. The van der Waals surface area contributed by atoms with Gasteiger partial charge in [-0.1, -0.05) is 31.4 Å². The molecule has 2 aromatic rings. The van der Waals surface area contributed by atoms with Gasteiger partial charge in [0, 0.05) is 18.4 Å². The van der Waals surface area contributed by atoms with Crippen LogP contribution in [0.2, 0.25) is 0 Å². The third kappa shape index (κ3) is 4.73. The van der Waals surface area contributed by atoms with Crippen molar-refractivity contribution < 1.29 is 9.15 Å². The lowest BCUT2D eigenvalue weighted by Gasteiger charge is -2.17. The van der Waals surface area contributed by atoms with E-state index in [0.717, 1.165) is 35.1 Å². The summed E-state index contributed by atoms with van der Waals surface area (Å²) < 4.78 is 11.7. The van der Waals surface area contributed by atoms with Crippen LogP contribution < -0.4 is 4.74 Å². The van der Waals surface area contributed by atoms with Gasteiger partial charge in [-0.05, 0) is 43.5 Å². The van der Waals surface area contributed by atoms with Gasteiger partial charge in [-0.2, -0.15) is 5.26 Å². The minimum absolute atomic E-state index is 0.496. The molecule has 0 radical (unpaired) electrons. The Bertz CT molecular complexity index is 747. The molecule has 1 heterocycles. The maximum Gasteiger partial charge on any atom is 0.197 e. The van der Waals surface area contributed by atoms with E-state index in [-0.39, 0.29) is 0 Å². The molecular weight excluding hydrogens is 312 g/mol. The quantitative estimate of drug-likeness (QED) is 0.681. The van der Waals surface area contributed by atoms with Crippen LogP contribution in [-0.2, 0) is 6.42 Å². The summed E-state index contributed by atoms with van der Waals surface area (Å²) in [5.41, 5.74) is 1.99. The van der Waals surface area contributed by atoms with Crippen molar-refractivity contribution in [3.05, 3.63) is 53.2 Å². The fraction of sp³-hybridized carbons (Fsp3) is 0.429. The number of allylic oxidation sites excluding steroid dienone is 1. The van der Waals surface area contributed by atoms with Crippen LogP contribution in [-0.4, -0.2) is 11.6 Å². The van der Waals surface area contributed by atoms with Gasteiger partial charge in [0.2, 0.25) is 0 Å². The molecule has 4 nitrogen and oxygen atoms in total. The van der Waals surface area contributed by atoms with E-state index in [2.05, 4.69) is 0 Å². The number of nitrogens with zero attached hydrogens (tertiary/aromatic N) is 2. The largest absolute Gasteiger partial charge is 0.493 e. The van der Waals surface area contributed by atoms with Gasteiger partial charge >= 0.3 is 0 Å². The zero-order chi connectivity index (χ0) is 17.5. The average molecular weight is 336 g/mol. The van der Waals surface area contributed by atoms with E-state index >= 15 is 0 Å². The number of oxazole rings is 1. The standard InChI is InChI=1S/C21H24N2O2/c1-16-20(23-21(25-16)18-7-3-2-4-8-18)13-15-24-19-11-9-17(10-12-19)6-5-14-22/h5-6,9-12,18H,2-4,7-8,13,15H2,1H3/b6-5+. The second-order valence-electron chi connectivity index (χ2n) is 6.52. The Morgan fingerprint density at radius 3 is 2.72 bits per heavy atom. The molecule has 1 fully saturated rings. The molecule has 25 heavy (non-hydrogen) atoms. The first kappa shape index (κ1) is 17.3. The van der Waals surface area contributed by atoms with Crippen molar-refractivity contribution >= 4 is 6.08 Å². The van der Waals surface area contributed by atoms with Crippen LogP contribution >= 0.6 is 0 Å². The molecule has 0 aliphatic heterocycles. The molecule has 1 aliphatic rings. The molecule has 3 rings (SSSR count). The summed E-state index contributed by atoms with van der Waals surface area (Å²) >= 11 is 0. The van der Waals surface area contributed by atoms with Gasteiger partial charge in [-0.3, -0.25) is 0 Å². The van der Waals surface area contributed by atoms with E-state index in [0.29, 0.717) is 12.5 Å². The normalized spacial score (nSPS) is 15.4. The highest BCUT2D eigenvalue weighted by molar-refractivity contribution is 5.52. The van der Waals surface area contributed by atoms with Crippen molar-refractivity contribution in [2.45, 2.75) is 51.4 Å². The minimum Gasteiger partial charge on any atom is -0.493 e. The Labute approximate surface area is 149 Å². The van der Waals surface area contributed by atoms with Gasteiger partial charge < -0.3 is 9.15 Å². The van der Waals surface area contributed by atoms with E-state index in [4.69, 9.17) is 19.4 Å². The first-order valence-electron chi connectivity index (χ1n) is 9.01. The van der Waals surface area contributed by atoms with E-state index in [1.54, 1.807) is 6.08 Å². The van der Waals surface area contributed by atoms with Crippen LogP contribution in [0.3, 0.4) is 0 Å². The molecular formula is C21H24N2O2. The van der Waals surface area contributed by atoms with Gasteiger partial charge in [-0.15, -0.1) is 0 Å². The maximum atomic E-state index is 8.54. The first-order chi connectivity index (χ1) is 12.3. The van der Waals surface area contributed by atoms with Gasteiger partial charge in [-0.25, -0.2) is 4.98 Å². The highest BCUT2D eigenvalue weighted by Crippen LogP contribution is 2.33. The van der Waals surface area contributed by atoms with Crippen molar-refractivity contribution in [2.24, 2.45) is 0 Å². The third-order valence-electron chi connectivity index (χ3n) is 4.70. The summed E-state index contributed by atoms with van der Waals surface area (Å²) in [6.45, 7) is 2.57. The Hall–Kier alpha value is -2.54. The lowest BCUT2D eigenvalue weighted by Crippen LogP contribution is -2.06. The Balaban J connectivity index is 1.52. The Morgan fingerprint density at radius 1 is 1.24 bits per heavy atom. The summed E-state index contributed by atoms with van der Waals surface area (Å²) in [6, 6.07) is 9.69. The number of hydrogen-bond donors (Lipinski definition) is 0. The number of aryl methyl sites for hydroxylation is 1. The zero-order valence-electron chi connectivity index (χ0n) is 14.7. The lowest BCUT2D eigenvalue weighted by molar-refractivity contribution is 0.320. The summed E-state index contributed by atoms with van der Waals surface area (Å²) in [5.74, 6) is 3.15. The van der Waals surface area contributed by atoms with E-state index < -0.39 is 0 Å². The molecule has 130 valence electrons. The van der Waals surface area contributed by atoms with Crippen LogP contribution in [0.25, 0.3) is 6.08 Å². The zero-order valence-corrected chi connectivity index (χ0v) is 14.7. The fourth-order valence-electron chi connectivity index (χ4n) is 3.28. The third-order valence-corrected chi connectivity index (χ3v) is 4.70. The summed E-state index contributed by atoms with van der Waals surface area (Å²) in [6.07, 6.45) is 10.3. The highest BCUT2D eigenvalue weighted by Gasteiger charge is 2.21. The van der Waals surface area contributed by atoms with Crippen LogP contribution in [0.1, 0.15) is 60.9 Å². The van der Waals surface area contributed by atoms with Gasteiger partial charge in [0.05, 0.1) is 18.4 Å². The van der Waals surface area contributed by atoms with Gasteiger partial charge in [0.25, 0.3) is 0 Å². The molecule has 0 amide bonds. The van der Waals surface area contributed by atoms with Crippen molar-refractivity contribution in [3.63, 3.8) is 0 Å². The first-order valence-corrected chi connectivity index (χ1v) is 9.01. The predicted octanol–water partition coefficient (Wildman–Crippen LogP) is 5.19. The fourth-order valence-corrected chi connectivity index (χ4v) is 3.28. The van der Waals surface area contributed by atoms with E-state index in [1.165, 1.54) is 38.2 Å². The number of hydrogen-bond acceptors (Lipinski definition) is 4. The van der Waals surface area contributed by atoms with Gasteiger partial charge in [0.15, 0.2) is 5.89 Å². The lowest BCUT2D eigenvalue weighted by atomic mass is 9.89. The second kappa shape index (κ2) is 8.53. The monoisotopic (exact) mass is 336 g/mol. The topological polar surface area (TPSA) is 59.1 Å². The number of ether oxygens (including phenoxy) is 1. The van der Waals surface area contributed by atoms with Crippen LogP contribution in [0.5, 0.6) is 5.75 Å². The average Bonchev–Trinajstić information content (AvgIpc) is 3.03. The van der Waals surface area contributed by atoms with Crippen LogP contribution in [0.15, 0.2) is 34.8 Å². The summed E-state index contributed by atoms with van der Waals surface area (Å²) in [4.78, 5) is 4.73. The van der Waals surface area contributed by atoms with Crippen molar-refractivity contribution in [3.8, 4) is 11.8 Å². The number of nitriles is 1. The maximum absolute atomic E-state index is 8.54. The number of benzene rings is 1.